The van der Waals surface area contributed by atoms with Crippen molar-refractivity contribution in [2.45, 2.75) is 38.1 Å². The average molecular weight is 287 g/mol. The molecular weight excluding hydrogens is 266 g/mol. The van der Waals surface area contributed by atoms with Crippen LogP contribution in [-0.4, -0.2) is 33.4 Å². The topological polar surface area (TPSA) is 78.0 Å². The normalized spacial score (nSPS) is 25.9. The maximum Gasteiger partial charge on any atom is 0.251 e. The van der Waals surface area contributed by atoms with Crippen molar-refractivity contribution < 1.29 is 9.90 Å². The Morgan fingerprint density at radius 2 is 2.43 bits per heavy atom. The number of hydrogen-bond donors (Lipinski definition) is 3. The van der Waals surface area contributed by atoms with E-state index in [4.69, 9.17) is 0 Å². The summed E-state index contributed by atoms with van der Waals surface area (Å²) < 4.78 is 0. The van der Waals surface area contributed by atoms with Crippen molar-refractivity contribution in [1.82, 2.24) is 15.5 Å². The van der Waals surface area contributed by atoms with Gasteiger partial charge >= 0.3 is 0 Å². The molecule has 21 heavy (non-hydrogen) atoms. The van der Waals surface area contributed by atoms with E-state index >= 15 is 0 Å². The summed E-state index contributed by atoms with van der Waals surface area (Å²) in [7, 11) is 0. The summed E-state index contributed by atoms with van der Waals surface area (Å²) in [5.74, 6) is 0.406. The molecular formula is C16H21N3O2. The summed E-state index contributed by atoms with van der Waals surface area (Å²) in [6, 6.07) is 5.46. The Hall–Kier alpha value is -1.88. The summed E-state index contributed by atoms with van der Waals surface area (Å²) in [6.07, 6.45) is 5.59. The molecule has 1 aromatic carbocycles. The van der Waals surface area contributed by atoms with Crippen LogP contribution in [0, 0.1) is 5.92 Å². The lowest BCUT2D eigenvalue weighted by atomic mass is 9.76. The number of aliphatic hydroxyl groups excluding tert-OH is 1. The molecule has 3 N–H and O–H groups in total. The minimum absolute atomic E-state index is 0.00294. The molecule has 0 spiro atoms. The minimum Gasteiger partial charge on any atom is -0.394 e. The van der Waals surface area contributed by atoms with Crippen molar-refractivity contribution in [3.05, 3.63) is 30.0 Å². The average Bonchev–Trinajstić information content (AvgIpc) is 2.94. The number of amides is 1. The molecule has 3 rings (SSSR count). The van der Waals surface area contributed by atoms with Crippen LogP contribution in [0.5, 0.6) is 0 Å². The smallest absolute Gasteiger partial charge is 0.251 e. The van der Waals surface area contributed by atoms with Crippen LogP contribution in [0.3, 0.4) is 0 Å². The van der Waals surface area contributed by atoms with Gasteiger partial charge in [-0.1, -0.05) is 19.8 Å². The number of carbonyl (C=O) groups excluding carboxylic acids is 1. The lowest BCUT2D eigenvalue weighted by Crippen LogP contribution is -2.53. The first-order valence-corrected chi connectivity index (χ1v) is 7.48. The molecule has 1 fully saturated rings. The number of aromatic amines is 1. The van der Waals surface area contributed by atoms with E-state index in [1.54, 1.807) is 12.3 Å². The van der Waals surface area contributed by atoms with Gasteiger partial charge in [0.15, 0.2) is 0 Å². The molecule has 1 saturated carbocycles. The highest BCUT2D eigenvalue weighted by molar-refractivity contribution is 5.98. The molecule has 0 bridgehead atoms. The standard InChI is InChI=1S/C16H21N3O2/c1-11-3-2-6-16(8-11,10-20)18-15(21)12-4-5-14-13(7-12)9-17-19-14/h4-5,7,9,11,20H,2-3,6,8,10H2,1H3,(H,17,19)(H,18,21). The van der Waals surface area contributed by atoms with E-state index in [9.17, 15) is 9.90 Å². The highest BCUT2D eigenvalue weighted by atomic mass is 16.3. The molecule has 1 amide bonds. The van der Waals surface area contributed by atoms with Gasteiger partial charge in [0.2, 0.25) is 0 Å². The Bertz CT molecular complexity index is 652. The highest BCUT2D eigenvalue weighted by Gasteiger charge is 2.35. The highest BCUT2D eigenvalue weighted by Crippen LogP contribution is 2.32. The number of benzene rings is 1. The number of H-pyrrole nitrogens is 1. The van der Waals surface area contributed by atoms with Gasteiger partial charge in [0.1, 0.15) is 0 Å². The van der Waals surface area contributed by atoms with Crippen molar-refractivity contribution >= 4 is 16.8 Å². The zero-order valence-electron chi connectivity index (χ0n) is 12.2. The van der Waals surface area contributed by atoms with Crippen molar-refractivity contribution in [3.63, 3.8) is 0 Å². The third-order valence-electron chi connectivity index (χ3n) is 4.48. The quantitative estimate of drug-likeness (QED) is 0.810. The van der Waals surface area contributed by atoms with Gasteiger partial charge in [-0.3, -0.25) is 9.89 Å². The third-order valence-corrected chi connectivity index (χ3v) is 4.48. The first-order valence-electron chi connectivity index (χ1n) is 7.48. The van der Waals surface area contributed by atoms with Crippen molar-refractivity contribution in [3.8, 4) is 0 Å². The molecule has 1 heterocycles. The maximum atomic E-state index is 12.5. The Morgan fingerprint density at radius 1 is 1.57 bits per heavy atom. The minimum atomic E-state index is -0.472. The van der Waals surface area contributed by atoms with E-state index in [0.29, 0.717) is 11.5 Å². The number of aliphatic hydroxyl groups is 1. The van der Waals surface area contributed by atoms with Crippen LogP contribution >= 0.6 is 0 Å². The number of nitrogens with zero attached hydrogens (tertiary/aromatic N) is 1. The molecule has 1 aromatic heterocycles. The van der Waals surface area contributed by atoms with Crippen LogP contribution in [0.15, 0.2) is 24.4 Å². The monoisotopic (exact) mass is 287 g/mol. The van der Waals surface area contributed by atoms with Gasteiger partial charge in [-0.05, 0) is 37.0 Å². The van der Waals surface area contributed by atoms with Gasteiger partial charge in [0.25, 0.3) is 5.91 Å². The van der Waals surface area contributed by atoms with Crippen LogP contribution in [-0.2, 0) is 0 Å². The molecule has 1 aliphatic rings. The molecule has 0 aliphatic heterocycles. The van der Waals surface area contributed by atoms with E-state index in [1.807, 2.05) is 12.1 Å². The van der Waals surface area contributed by atoms with Crippen molar-refractivity contribution in [2.75, 3.05) is 6.61 Å². The fraction of sp³-hybridized carbons (Fsp3) is 0.500. The van der Waals surface area contributed by atoms with E-state index < -0.39 is 5.54 Å². The predicted octanol–water partition coefficient (Wildman–Crippen LogP) is 2.23. The van der Waals surface area contributed by atoms with E-state index in [1.165, 1.54) is 6.42 Å². The van der Waals surface area contributed by atoms with Gasteiger partial charge in [-0.2, -0.15) is 5.10 Å². The second-order valence-electron chi connectivity index (χ2n) is 6.27. The molecule has 0 radical (unpaired) electrons. The maximum absolute atomic E-state index is 12.5. The molecule has 5 heteroatoms. The van der Waals surface area contributed by atoms with Crippen LogP contribution in [0.4, 0.5) is 0 Å². The van der Waals surface area contributed by atoms with Crippen LogP contribution in [0.1, 0.15) is 43.0 Å². The van der Waals surface area contributed by atoms with Crippen LogP contribution < -0.4 is 5.32 Å². The van der Waals surface area contributed by atoms with Crippen molar-refractivity contribution in [1.29, 1.82) is 0 Å². The first-order chi connectivity index (χ1) is 10.1. The van der Waals surface area contributed by atoms with E-state index in [0.717, 1.165) is 30.2 Å². The van der Waals surface area contributed by atoms with Crippen LogP contribution in [0.2, 0.25) is 0 Å². The molecule has 2 unspecified atom stereocenters. The van der Waals surface area contributed by atoms with Gasteiger partial charge in [0.05, 0.1) is 23.9 Å². The number of hydrogen-bond acceptors (Lipinski definition) is 3. The van der Waals surface area contributed by atoms with E-state index in [-0.39, 0.29) is 12.5 Å². The number of rotatable bonds is 3. The molecule has 2 atom stereocenters. The van der Waals surface area contributed by atoms with Gasteiger partial charge in [-0.25, -0.2) is 0 Å². The molecule has 1 aliphatic carbocycles. The Labute approximate surface area is 123 Å². The Balaban J connectivity index is 1.80. The van der Waals surface area contributed by atoms with Crippen molar-refractivity contribution in [2.24, 2.45) is 5.92 Å². The summed E-state index contributed by atoms with van der Waals surface area (Å²) in [4.78, 5) is 12.5. The number of aromatic nitrogens is 2. The molecule has 112 valence electrons. The zero-order valence-corrected chi connectivity index (χ0v) is 12.2. The Morgan fingerprint density at radius 3 is 3.19 bits per heavy atom. The number of fused-ring (bicyclic) bond motifs is 1. The SMILES string of the molecule is CC1CCCC(CO)(NC(=O)c2ccc3[nH]ncc3c2)C1. The van der Waals surface area contributed by atoms with Gasteiger partial charge < -0.3 is 10.4 Å². The Kier molecular flexibility index (Phi) is 3.68. The summed E-state index contributed by atoms with van der Waals surface area (Å²) in [5, 5.41) is 20.6. The molecule has 5 nitrogen and oxygen atoms in total. The first kappa shape index (κ1) is 14.1. The summed E-state index contributed by atoms with van der Waals surface area (Å²) in [6.45, 7) is 2.17. The fourth-order valence-electron chi connectivity index (χ4n) is 3.35. The van der Waals surface area contributed by atoms with Crippen LogP contribution in [0.25, 0.3) is 10.9 Å². The lowest BCUT2D eigenvalue weighted by Gasteiger charge is -2.39. The molecule has 0 saturated heterocycles. The largest absolute Gasteiger partial charge is 0.394 e. The zero-order chi connectivity index (χ0) is 14.9. The lowest BCUT2D eigenvalue weighted by molar-refractivity contribution is 0.0697. The number of nitrogens with one attached hydrogen (secondary N) is 2. The summed E-state index contributed by atoms with van der Waals surface area (Å²) in [5.41, 5.74) is 1.05. The summed E-state index contributed by atoms with van der Waals surface area (Å²) >= 11 is 0. The van der Waals surface area contributed by atoms with Gasteiger partial charge in [0, 0.05) is 10.9 Å². The van der Waals surface area contributed by atoms with Gasteiger partial charge in [-0.15, -0.1) is 0 Å². The van der Waals surface area contributed by atoms with E-state index in [2.05, 4.69) is 22.4 Å². The second-order valence-corrected chi connectivity index (χ2v) is 6.27. The predicted molar refractivity (Wildman–Crippen MR) is 81.0 cm³/mol. The molecule has 2 aromatic rings. The third kappa shape index (κ3) is 2.78. The fourth-order valence-corrected chi connectivity index (χ4v) is 3.35. The number of carbonyl (C=O) groups is 1. The second kappa shape index (κ2) is 5.48.